The van der Waals surface area contributed by atoms with Gasteiger partial charge in [0.05, 0.1) is 6.54 Å². The van der Waals surface area contributed by atoms with E-state index in [2.05, 4.69) is 5.32 Å². The highest BCUT2D eigenvalue weighted by Gasteiger charge is 2.27. The van der Waals surface area contributed by atoms with E-state index in [9.17, 15) is 8.78 Å². The molecule has 0 amide bonds. The van der Waals surface area contributed by atoms with Crippen LogP contribution in [0.5, 0.6) is 0 Å². The van der Waals surface area contributed by atoms with Crippen LogP contribution in [0.4, 0.5) is 8.78 Å². The highest BCUT2D eigenvalue weighted by molar-refractivity contribution is 5.63. The second-order valence-corrected chi connectivity index (χ2v) is 5.10. The number of hydrogen-bond acceptors (Lipinski definition) is 2. The Morgan fingerprint density at radius 3 is 2.14 bits per heavy atom. The normalized spacial score (nSPS) is 13.1. The molecular weight excluding hydrogens is 272 g/mol. The fraction of sp³-hybridized carbons (Fsp3) is 0.294. The van der Waals surface area contributed by atoms with Crippen molar-refractivity contribution in [1.29, 1.82) is 0 Å². The SMILES string of the molecule is CC(NCC(F)(F)CO)c1ccc(-c2ccccc2)cc1. The van der Waals surface area contributed by atoms with Gasteiger partial charge in [-0.15, -0.1) is 0 Å². The summed E-state index contributed by atoms with van der Waals surface area (Å²) in [4.78, 5) is 0. The summed E-state index contributed by atoms with van der Waals surface area (Å²) in [5.41, 5.74) is 3.15. The molecule has 21 heavy (non-hydrogen) atoms. The number of benzene rings is 2. The van der Waals surface area contributed by atoms with Crippen molar-refractivity contribution in [3.05, 3.63) is 60.2 Å². The van der Waals surface area contributed by atoms with E-state index in [1.807, 2.05) is 61.5 Å². The van der Waals surface area contributed by atoms with E-state index < -0.39 is 19.1 Å². The van der Waals surface area contributed by atoms with E-state index >= 15 is 0 Å². The van der Waals surface area contributed by atoms with Crippen LogP contribution in [0.1, 0.15) is 18.5 Å². The number of rotatable bonds is 6. The first-order valence-electron chi connectivity index (χ1n) is 6.89. The molecule has 0 spiro atoms. The molecule has 0 saturated carbocycles. The minimum Gasteiger partial charge on any atom is -0.390 e. The summed E-state index contributed by atoms with van der Waals surface area (Å²) in [6.07, 6.45) is 0. The van der Waals surface area contributed by atoms with E-state index in [4.69, 9.17) is 5.11 Å². The molecule has 0 aliphatic heterocycles. The number of aliphatic hydroxyl groups is 1. The molecule has 112 valence electrons. The largest absolute Gasteiger partial charge is 0.390 e. The first kappa shape index (κ1) is 15.6. The minimum absolute atomic E-state index is 0.202. The molecule has 0 fully saturated rings. The average molecular weight is 291 g/mol. The Hall–Kier alpha value is -1.78. The molecular formula is C17H19F2NO. The van der Waals surface area contributed by atoms with Gasteiger partial charge < -0.3 is 10.4 Å². The van der Waals surface area contributed by atoms with Crippen LogP contribution in [0, 0.1) is 0 Å². The summed E-state index contributed by atoms with van der Waals surface area (Å²) in [6, 6.07) is 17.6. The van der Waals surface area contributed by atoms with Gasteiger partial charge in [-0.3, -0.25) is 0 Å². The van der Waals surface area contributed by atoms with Crippen LogP contribution in [0.2, 0.25) is 0 Å². The minimum atomic E-state index is -3.09. The summed E-state index contributed by atoms with van der Waals surface area (Å²) in [6.45, 7) is 0.149. The molecule has 2 nitrogen and oxygen atoms in total. The van der Waals surface area contributed by atoms with E-state index in [1.165, 1.54) is 0 Å². The Morgan fingerprint density at radius 2 is 1.57 bits per heavy atom. The highest BCUT2D eigenvalue weighted by Crippen LogP contribution is 2.22. The Kier molecular flexibility index (Phi) is 5.04. The quantitative estimate of drug-likeness (QED) is 0.852. The van der Waals surface area contributed by atoms with Crippen LogP contribution < -0.4 is 5.32 Å². The van der Waals surface area contributed by atoms with Crippen molar-refractivity contribution in [2.24, 2.45) is 0 Å². The van der Waals surface area contributed by atoms with Gasteiger partial charge in [0.1, 0.15) is 6.61 Å². The lowest BCUT2D eigenvalue weighted by molar-refractivity contribution is -0.0490. The Labute approximate surface area is 123 Å². The van der Waals surface area contributed by atoms with Crippen molar-refractivity contribution in [2.75, 3.05) is 13.2 Å². The van der Waals surface area contributed by atoms with Crippen molar-refractivity contribution < 1.29 is 13.9 Å². The Morgan fingerprint density at radius 1 is 1.00 bits per heavy atom. The third-order valence-electron chi connectivity index (χ3n) is 3.42. The van der Waals surface area contributed by atoms with E-state index in [1.54, 1.807) is 0 Å². The van der Waals surface area contributed by atoms with E-state index in [-0.39, 0.29) is 6.04 Å². The maximum Gasteiger partial charge on any atom is 0.282 e. The number of halogens is 2. The van der Waals surface area contributed by atoms with Crippen molar-refractivity contribution in [2.45, 2.75) is 18.9 Å². The predicted molar refractivity (Wildman–Crippen MR) is 80.3 cm³/mol. The highest BCUT2D eigenvalue weighted by atomic mass is 19.3. The molecule has 0 bridgehead atoms. The summed E-state index contributed by atoms with van der Waals surface area (Å²) in [5.74, 6) is -3.09. The van der Waals surface area contributed by atoms with Crippen LogP contribution in [0.3, 0.4) is 0 Å². The molecule has 0 radical (unpaired) electrons. The number of hydrogen-bond donors (Lipinski definition) is 2. The molecule has 0 aromatic heterocycles. The van der Waals surface area contributed by atoms with Gasteiger partial charge >= 0.3 is 0 Å². The van der Waals surface area contributed by atoms with Crippen molar-refractivity contribution in [1.82, 2.24) is 5.32 Å². The molecule has 0 saturated heterocycles. The molecule has 0 heterocycles. The Balaban J connectivity index is 2.02. The van der Waals surface area contributed by atoms with Crippen molar-refractivity contribution >= 4 is 0 Å². The zero-order valence-corrected chi connectivity index (χ0v) is 11.9. The standard InChI is InChI=1S/C17H19F2NO/c1-13(20-11-17(18,19)12-21)14-7-9-16(10-8-14)15-5-3-2-4-6-15/h2-10,13,20-21H,11-12H2,1H3. The number of alkyl halides is 2. The lowest BCUT2D eigenvalue weighted by Gasteiger charge is -2.19. The number of nitrogens with one attached hydrogen (secondary N) is 1. The van der Waals surface area contributed by atoms with Gasteiger partial charge in [-0.05, 0) is 23.6 Å². The van der Waals surface area contributed by atoms with Crippen LogP contribution >= 0.6 is 0 Å². The summed E-state index contributed by atoms with van der Waals surface area (Å²) in [5, 5.41) is 11.3. The van der Waals surface area contributed by atoms with Gasteiger partial charge in [-0.2, -0.15) is 0 Å². The summed E-state index contributed by atoms with van der Waals surface area (Å²) < 4.78 is 26.0. The van der Waals surface area contributed by atoms with Crippen LogP contribution in [-0.2, 0) is 0 Å². The van der Waals surface area contributed by atoms with Crippen LogP contribution in [0.25, 0.3) is 11.1 Å². The first-order valence-corrected chi connectivity index (χ1v) is 6.89. The molecule has 2 aromatic carbocycles. The molecule has 2 N–H and O–H groups in total. The van der Waals surface area contributed by atoms with Gasteiger partial charge in [0, 0.05) is 6.04 Å². The topological polar surface area (TPSA) is 32.3 Å². The van der Waals surface area contributed by atoms with Gasteiger partial charge in [0.25, 0.3) is 5.92 Å². The van der Waals surface area contributed by atoms with Gasteiger partial charge in [-0.25, -0.2) is 8.78 Å². The molecule has 0 aliphatic carbocycles. The first-order chi connectivity index (χ1) is 10.0. The van der Waals surface area contributed by atoms with Crippen LogP contribution in [0.15, 0.2) is 54.6 Å². The van der Waals surface area contributed by atoms with E-state index in [0.29, 0.717) is 0 Å². The Bertz CT molecular complexity index is 555. The van der Waals surface area contributed by atoms with Crippen molar-refractivity contribution in [3.63, 3.8) is 0 Å². The maximum absolute atomic E-state index is 13.0. The van der Waals surface area contributed by atoms with Gasteiger partial charge in [-0.1, -0.05) is 54.6 Å². The lowest BCUT2D eigenvalue weighted by atomic mass is 10.0. The third kappa shape index (κ3) is 4.34. The predicted octanol–water partition coefficient (Wildman–Crippen LogP) is 3.63. The number of aliphatic hydroxyl groups excluding tert-OH is 1. The average Bonchev–Trinajstić information content (AvgIpc) is 2.54. The maximum atomic E-state index is 13.0. The molecule has 4 heteroatoms. The monoisotopic (exact) mass is 291 g/mol. The fourth-order valence-corrected chi connectivity index (χ4v) is 2.07. The molecule has 1 atom stereocenters. The second-order valence-electron chi connectivity index (χ2n) is 5.10. The molecule has 1 unspecified atom stereocenters. The zero-order valence-electron chi connectivity index (χ0n) is 11.9. The van der Waals surface area contributed by atoms with Gasteiger partial charge in [0.2, 0.25) is 0 Å². The lowest BCUT2D eigenvalue weighted by Crippen LogP contribution is -2.37. The fourth-order valence-electron chi connectivity index (χ4n) is 2.07. The van der Waals surface area contributed by atoms with E-state index in [0.717, 1.165) is 16.7 Å². The summed E-state index contributed by atoms with van der Waals surface area (Å²) in [7, 11) is 0. The summed E-state index contributed by atoms with van der Waals surface area (Å²) >= 11 is 0. The molecule has 0 aliphatic rings. The smallest absolute Gasteiger partial charge is 0.282 e. The second kappa shape index (κ2) is 6.78. The van der Waals surface area contributed by atoms with Crippen molar-refractivity contribution in [3.8, 4) is 11.1 Å². The molecule has 2 aromatic rings. The molecule has 2 rings (SSSR count). The third-order valence-corrected chi connectivity index (χ3v) is 3.42. The van der Waals surface area contributed by atoms with Gasteiger partial charge in [0.15, 0.2) is 0 Å². The zero-order chi connectivity index (χ0) is 15.3. The van der Waals surface area contributed by atoms with Crippen LogP contribution in [-0.4, -0.2) is 24.2 Å².